The van der Waals surface area contributed by atoms with Gasteiger partial charge in [0.25, 0.3) is 0 Å². The van der Waals surface area contributed by atoms with E-state index >= 15 is 0 Å². The molecule has 196 valence electrons. The Bertz CT molecular complexity index is 1270. The molecule has 0 radical (unpaired) electrons. The summed E-state index contributed by atoms with van der Waals surface area (Å²) in [5.74, 6) is -2.41. The molecule has 3 N–H and O–H groups in total. The maximum atomic E-state index is 13.3. The molecule has 9 heteroatoms. The first kappa shape index (κ1) is 28.2. The summed E-state index contributed by atoms with van der Waals surface area (Å²) in [6, 6.07) is 22.8. The number of amides is 2. The van der Waals surface area contributed by atoms with Gasteiger partial charge in [-0.2, -0.15) is 0 Å². The molecule has 3 aromatic carbocycles. The Hall–Kier alpha value is -4.37. The van der Waals surface area contributed by atoms with Gasteiger partial charge in [0.2, 0.25) is 11.8 Å². The highest BCUT2D eigenvalue weighted by atomic mass is 32.2. The second-order valence-corrected chi connectivity index (χ2v) is 9.33. The summed E-state index contributed by atoms with van der Waals surface area (Å²) in [6.07, 6.45) is 3.43. The van der Waals surface area contributed by atoms with Crippen molar-refractivity contribution in [3.05, 3.63) is 102 Å². The van der Waals surface area contributed by atoms with Gasteiger partial charge >= 0.3 is 11.9 Å². The third kappa shape index (κ3) is 8.94. The largest absolute Gasteiger partial charge is 0.478 e. The molecule has 0 spiro atoms. The quantitative estimate of drug-likeness (QED) is 0.118. The fraction of sp³-hybridized carbons (Fsp3) is 0.172. The summed E-state index contributed by atoms with van der Waals surface area (Å²) in [6.45, 7) is 2.39. The molecular weight excluding hydrogens is 504 g/mol. The molecule has 0 bridgehead atoms. The summed E-state index contributed by atoms with van der Waals surface area (Å²) in [5, 5.41) is 13.6. The van der Waals surface area contributed by atoms with Crippen molar-refractivity contribution in [2.75, 3.05) is 17.2 Å². The molecule has 0 fully saturated rings. The van der Waals surface area contributed by atoms with E-state index in [1.54, 1.807) is 48.5 Å². The fourth-order valence-corrected chi connectivity index (χ4v) is 4.30. The zero-order chi connectivity index (χ0) is 27.3. The number of carbonyl (C=O) groups is 4. The Morgan fingerprint density at radius 2 is 1.50 bits per heavy atom. The minimum atomic E-state index is -1.21. The van der Waals surface area contributed by atoms with Gasteiger partial charge in [0.1, 0.15) is 5.25 Å². The van der Waals surface area contributed by atoms with Crippen LogP contribution in [0.3, 0.4) is 0 Å². The summed E-state index contributed by atoms with van der Waals surface area (Å²) < 4.78 is 5.22. The van der Waals surface area contributed by atoms with E-state index in [0.29, 0.717) is 23.5 Å². The van der Waals surface area contributed by atoms with Crippen molar-refractivity contribution >= 4 is 46.9 Å². The molecule has 0 aliphatic rings. The lowest BCUT2D eigenvalue weighted by Gasteiger charge is -2.17. The van der Waals surface area contributed by atoms with Gasteiger partial charge in [-0.25, -0.2) is 9.59 Å². The highest BCUT2D eigenvalue weighted by molar-refractivity contribution is 8.00. The monoisotopic (exact) mass is 532 g/mol. The molecule has 2 amide bonds. The average Bonchev–Trinajstić information content (AvgIpc) is 2.92. The molecule has 8 nitrogen and oxygen atoms in total. The van der Waals surface area contributed by atoms with E-state index in [1.807, 2.05) is 37.3 Å². The van der Waals surface area contributed by atoms with E-state index in [4.69, 9.17) is 9.84 Å². The standard InChI is InChI=1S/C29H28N2O6S/c1-2-3-19-37-29(36)21-9-11-23(12-10-21)31-28(35)27(20-7-5-4-6-8-20)38-24-15-13-22(14-16-24)30-25(32)17-18-26(33)34/h4-18,27H,2-3,19H2,1H3,(H,30,32)(H,31,35)(H,33,34)/b18-17+. The van der Waals surface area contributed by atoms with Gasteiger partial charge in [-0.15, -0.1) is 11.8 Å². The van der Waals surface area contributed by atoms with E-state index in [2.05, 4.69) is 10.6 Å². The lowest BCUT2D eigenvalue weighted by Crippen LogP contribution is -2.19. The number of carboxylic acids is 1. The zero-order valence-corrected chi connectivity index (χ0v) is 21.6. The van der Waals surface area contributed by atoms with E-state index in [0.717, 1.165) is 35.5 Å². The molecule has 0 heterocycles. The first-order valence-corrected chi connectivity index (χ1v) is 12.9. The van der Waals surface area contributed by atoms with Crippen molar-refractivity contribution in [1.29, 1.82) is 0 Å². The molecule has 3 rings (SSSR count). The molecule has 0 aliphatic carbocycles. The number of hydrogen-bond donors (Lipinski definition) is 3. The number of nitrogens with one attached hydrogen (secondary N) is 2. The Morgan fingerprint density at radius 3 is 2.13 bits per heavy atom. The summed E-state index contributed by atoms with van der Waals surface area (Å²) in [5.41, 5.74) is 2.26. The SMILES string of the molecule is CCCCOC(=O)c1ccc(NC(=O)C(Sc2ccc(NC(=O)/C=C/C(=O)O)cc2)c2ccccc2)cc1. The topological polar surface area (TPSA) is 122 Å². The number of aliphatic carboxylic acids is 1. The second kappa shape index (κ2) is 14.4. The van der Waals surface area contributed by atoms with Gasteiger partial charge in [-0.3, -0.25) is 9.59 Å². The van der Waals surface area contributed by atoms with Crippen molar-refractivity contribution < 1.29 is 29.0 Å². The number of carboxylic acid groups (broad SMARTS) is 1. The van der Waals surface area contributed by atoms with Crippen molar-refractivity contribution in [2.24, 2.45) is 0 Å². The highest BCUT2D eigenvalue weighted by Crippen LogP contribution is 2.36. The van der Waals surface area contributed by atoms with Crippen molar-refractivity contribution in [3.63, 3.8) is 0 Å². The molecular formula is C29H28N2O6S. The Labute approximate surface area is 225 Å². The number of ether oxygens (including phenoxy) is 1. The lowest BCUT2D eigenvalue weighted by molar-refractivity contribution is -0.131. The molecule has 0 saturated heterocycles. The van der Waals surface area contributed by atoms with Gasteiger partial charge < -0.3 is 20.5 Å². The van der Waals surface area contributed by atoms with Gasteiger partial charge in [0, 0.05) is 28.4 Å². The summed E-state index contributed by atoms with van der Waals surface area (Å²) in [4.78, 5) is 48.6. The number of carbonyl (C=O) groups excluding carboxylic acids is 3. The summed E-state index contributed by atoms with van der Waals surface area (Å²) in [7, 11) is 0. The number of thioether (sulfide) groups is 1. The number of unbranched alkanes of at least 4 members (excludes halogenated alkanes) is 1. The molecule has 38 heavy (non-hydrogen) atoms. The number of rotatable bonds is 12. The molecule has 1 unspecified atom stereocenters. The van der Waals surface area contributed by atoms with Crippen LogP contribution in [-0.2, 0) is 19.1 Å². The third-order valence-corrected chi connectivity index (χ3v) is 6.48. The van der Waals surface area contributed by atoms with Crippen LogP contribution in [-0.4, -0.2) is 35.5 Å². The number of anilines is 2. The van der Waals surface area contributed by atoms with Crippen LogP contribution in [0.4, 0.5) is 11.4 Å². The van der Waals surface area contributed by atoms with Crippen molar-refractivity contribution in [1.82, 2.24) is 0 Å². The minimum absolute atomic E-state index is 0.240. The van der Waals surface area contributed by atoms with Crippen LogP contribution in [0.1, 0.15) is 40.9 Å². The Morgan fingerprint density at radius 1 is 0.868 bits per heavy atom. The molecule has 1 atom stereocenters. The van der Waals surface area contributed by atoms with Gasteiger partial charge in [-0.05, 0) is 60.5 Å². The van der Waals surface area contributed by atoms with E-state index in [-0.39, 0.29) is 5.91 Å². The van der Waals surface area contributed by atoms with Gasteiger partial charge in [-0.1, -0.05) is 43.7 Å². The Kier molecular flexibility index (Phi) is 10.7. The summed E-state index contributed by atoms with van der Waals surface area (Å²) >= 11 is 1.34. The van der Waals surface area contributed by atoms with Crippen LogP contribution in [0.15, 0.2) is 95.9 Å². The third-order valence-electron chi connectivity index (χ3n) is 5.21. The molecule has 3 aromatic rings. The predicted octanol–water partition coefficient (Wildman–Crippen LogP) is 5.69. The smallest absolute Gasteiger partial charge is 0.338 e. The van der Waals surface area contributed by atoms with Crippen LogP contribution in [0.2, 0.25) is 0 Å². The Balaban J connectivity index is 1.69. The maximum absolute atomic E-state index is 13.3. The number of benzene rings is 3. The van der Waals surface area contributed by atoms with Crippen LogP contribution in [0.5, 0.6) is 0 Å². The van der Waals surface area contributed by atoms with E-state index in [9.17, 15) is 19.2 Å². The van der Waals surface area contributed by atoms with Crippen LogP contribution >= 0.6 is 11.8 Å². The van der Waals surface area contributed by atoms with Crippen molar-refractivity contribution in [3.8, 4) is 0 Å². The first-order chi connectivity index (χ1) is 18.4. The molecule has 0 aromatic heterocycles. The number of esters is 1. The molecule has 0 aliphatic heterocycles. The minimum Gasteiger partial charge on any atom is -0.478 e. The first-order valence-electron chi connectivity index (χ1n) is 12.0. The van der Waals surface area contributed by atoms with Gasteiger partial charge in [0.15, 0.2) is 0 Å². The average molecular weight is 533 g/mol. The van der Waals surface area contributed by atoms with Crippen molar-refractivity contribution in [2.45, 2.75) is 29.9 Å². The maximum Gasteiger partial charge on any atom is 0.338 e. The lowest BCUT2D eigenvalue weighted by atomic mass is 10.1. The predicted molar refractivity (Wildman–Crippen MR) is 147 cm³/mol. The van der Waals surface area contributed by atoms with E-state index < -0.39 is 23.1 Å². The van der Waals surface area contributed by atoms with Crippen LogP contribution < -0.4 is 10.6 Å². The second-order valence-electron chi connectivity index (χ2n) is 8.15. The van der Waals surface area contributed by atoms with E-state index in [1.165, 1.54) is 11.8 Å². The fourth-order valence-electron chi connectivity index (χ4n) is 3.27. The zero-order valence-electron chi connectivity index (χ0n) is 20.8. The van der Waals surface area contributed by atoms with Crippen LogP contribution in [0.25, 0.3) is 0 Å². The molecule has 0 saturated carbocycles. The highest BCUT2D eigenvalue weighted by Gasteiger charge is 2.22. The number of hydrogen-bond acceptors (Lipinski definition) is 6. The van der Waals surface area contributed by atoms with Crippen LogP contribution in [0, 0.1) is 0 Å². The normalized spacial score (nSPS) is 11.5. The van der Waals surface area contributed by atoms with Gasteiger partial charge in [0.05, 0.1) is 12.2 Å².